The lowest BCUT2D eigenvalue weighted by molar-refractivity contribution is -0.118. The third kappa shape index (κ3) is 5.93. The summed E-state index contributed by atoms with van der Waals surface area (Å²) in [5, 5.41) is 3.54. The maximum Gasteiger partial charge on any atom is 0.257 e. The number of rotatable bonds is 8. The van der Waals surface area contributed by atoms with Gasteiger partial charge in [-0.05, 0) is 45.3 Å². The molecule has 1 fully saturated rings. The Labute approximate surface area is 176 Å². The van der Waals surface area contributed by atoms with Crippen LogP contribution >= 0.6 is 11.8 Å². The molecule has 1 aromatic carbocycles. The first-order valence-electron chi connectivity index (χ1n) is 10.2. The van der Waals surface area contributed by atoms with E-state index in [-0.39, 0.29) is 17.2 Å². The summed E-state index contributed by atoms with van der Waals surface area (Å²) in [5.74, 6) is 0.238. The van der Waals surface area contributed by atoms with Gasteiger partial charge in [0.15, 0.2) is 5.16 Å². The van der Waals surface area contributed by atoms with E-state index in [0.717, 1.165) is 30.9 Å². The quantitative estimate of drug-likeness (QED) is 0.530. The molecule has 0 bridgehead atoms. The molecule has 29 heavy (non-hydrogen) atoms. The van der Waals surface area contributed by atoms with Crippen molar-refractivity contribution in [3.63, 3.8) is 0 Å². The van der Waals surface area contributed by atoms with Crippen LogP contribution in [0.4, 0.5) is 0 Å². The maximum atomic E-state index is 12.9. The summed E-state index contributed by atoms with van der Waals surface area (Å²) in [4.78, 5) is 32.0. The average Bonchev–Trinajstić information content (AvgIpc) is 3.20. The summed E-state index contributed by atoms with van der Waals surface area (Å²) >= 11 is 1.31. The number of thioether (sulfide) groups is 1. The minimum atomic E-state index is -0.0454. The van der Waals surface area contributed by atoms with Crippen molar-refractivity contribution in [2.24, 2.45) is 7.05 Å². The minimum Gasteiger partial charge on any atom is -0.354 e. The van der Waals surface area contributed by atoms with Gasteiger partial charge in [0.25, 0.3) is 5.56 Å². The van der Waals surface area contributed by atoms with Crippen molar-refractivity contribution in [3.05, 3.63) is 57.0 Å². The number of benzene rings is 1. The van der Waals surface area contributed by atoms with Crippen LogP contribution in [0.2, 0.25) is 0 Å². The smallest absolute Gasteiger partial charge is 0.257 e. The second kappa shape index (κ2) is 10.1. The van der Waals surface area contributed by atoms with Crippen LogP contribution in [0.1, 0.15) is 35.2 Å². The second-order valence-electron chi connectivity index (χ2n) is 7.68. The molecule has 7 heteroatoms. The summed E-state index contributed by atoms with van der Waals surface area (Å²) in [6, 6.07) is 8.17. The van der Waals surface area contributed by atoms with E-state index in [4.69, 9.17) is 0 Å². The highest BCUT2D eigenvalue weighted by Gasteiger charge is 2.15. The molecule has 1 aliphatic rings. The van der Waals surface area contributed by atoms with Gasteiger partial charge in [0.1, 0.15) is 0 Å². The zero-order chi connectivity index (χ0) is 20.8. The lowest BCUT2D eigenvalue weighted by Crippen LogP contribution is -2.34. The molecule has 6 nitrogen and oxygen atoms in total. The highest BCUT2D eigenvalue weighted by atomic mass is 32.2. The van der Waals surface area contributed by atoms with Crippen molar-refractivity contribution in [2.75, 3.05) is 31.9 Å². The van der Waals surface area contributed by atoms with Gasteiger partial charge in [-0.25, -0.2) is 4.98 Å². The molecule has 0 spiro atoms. The number of hydrogen-bond acceptors (Lipinski definition) is 5. The summed E-state index contributed by atoms with van der Waals surface area (Å²) < 4.78 is 1.56. The highest BCUT2D eigenvalue weighted by molar-refractivity contribution is 7.99. The van der Waals surface area contributed by atoms with Crippen LogP contribution in [0.15, 0.2) is 34.2 Å². The molecule has 156 valence electrons. The molecule has 3 rings (SSSR count). The number of carbonyl (C=O) groups excluding carboxylic acids is 1. The third-order valence-electron chi connectivity index (χ3n) is 5.29. The standard InChI is InChI=1S/C22H30N4O2S/c1-16-7-6-8-18(13-16)14-19-17(2)24-22(25(3)21(19)28)29-15-20(27)23-9-12-26-10-4-5-11-26/h6-8,13H,4-5,9-12,14-15H2,1-3H3,(H,23,27). The monoisotopic (exact) mass is 414 g/mol. The van der Waals surface area contributed by atoms with Crippen molar-refractivity contribution in [1.29, 1.82) is 0 Å². The molecule has 1 saturated heterocycles. The van der Waals surface area contributed by atoms with Gasteiger partial charge in [-0.15, -0.1) is 0 Å². The topological polar surface area (TPSA) is 67.2 Å². The number of aryl methyl sites for hydroxylation is 2. The van der Waals surface area contributed by atoms with Crippen LogP contribution in [-0.2, 0) is 18.3 Å². The van der Waals surface area contributed by atoms with E-state index < -0.39 is 0 Å². The van der Waals surface area contributed by atoms with Crippen LogP contribution in [0, 0.1) is 13.8 Å². The van der Waals surface area contributed by atoms with E-state index in [9.17, 15) is 9.59 Å². The summed E-state index contributed by atoms with van der Waals surface area (Å²) in [6.45, 7) is 7.74. The Kier molecular flexibility index (Phi) is 7.50. The normalized spacial score (nSPS) is 14.3. The van der Waals surface area contributed by atoms with E-state index in [1.54, 1.807) is 11.6 Å². The Morgan fingerprint density at radius 1 is 1.24 bits per heavy atom. The van der Waals surface area contributed by atoms with E-state index in [1.807, 2.05) is 32.0 Å². The molecule has 2 aromatic rings. The van der Waals surface area contributed by atoms with Gasteiger partial charge in [0, 0.05) is 37.8 Å². The Balaban J connectivity index is 1.58. The molecule has 0 radical (unpaired) electrons. The Bertz CT molecular complexity index is 920. The number of aromatic nitrogens is 2. The molecular weight excluding hydrogens is 384 g/mol. The summed E-state index contributed by atoms with van der Waals surface area (Å²) in [7, 11) is 1.72. The molecule has 1 amide bonds. The van der Waals surface area contributed by atoms with Gasteiger partial charge >= 0.3 is 0 Å². The predicted molar refractivity (Wildman–Crippen MR) is 118 cm³/mol. The molecule has 1 N–H and O–H groups in total. The SMILES string of the molecule is Cc1cccc(Cc2c(C)nc(SCC(=O)NCCN3CCCC3)n(C)c2=O)c1. The average molecular weight is 415 g/mol. The summed E-state index contributed by atoms with van der Waals surface area (Å²) in [6.07, 6.45) is 3.07. The zero-order valence-electron chi connectivity index (χ0n) is 17.5. The number of hydrogen-bond donors (Lipinski definition) is 1. The minimum absolute atomic E-state index is 0.0232. The zero-order valence-corrected chi connectivity index (χ0v) is 18.3. The number of carbonyl (C=O) groups is 1. The van der Waals surface area contributed by atoms with E-state index in [2.05, 4.69) is 21.3 Å². The van der Waals surface area contributed by atoms with E-state index in [0.29, 0.717) is 23.7 Å². The van der Waals surface area contributed by atoms with E-state index in [1.165, 1.54) is 30.2 Å². The van der Waals surface area contributed by atoms with Gasteiger partial charge in [0.2, 0.25) is 5.91 Å². The van der Waals surface area contributed by atoms with Crippen LogP contribution in [0.25, 0.3) is 0 Å². The Morgan fingerprint density at radius 3 is 2.72 bits per heavy atom. The number of amides is 1. The molecular formula is C22H30N4O2S. The third-order valence-corrected chi connectivity index (χ3v) is 6.32. The fraction of sp³-hybridized carbons (Fsp3) is 0.500. The van der Waals surface area contributed by atoms with Gasteiger partial charge in [-0.2, -0.15) is 0 Å². The van der Waals surface area contributed by atoms with Crippen LogP contribution < -0.4 is 10.9 Å². The van der Waals surface area contributed by atoms with Crippen molar-refractivity contribution >= 4 is 17.7 Å². The number of nitrogens with zero attached hydrogens (tertiary/aromatic N) is 3. The number of nitrogens with one attached hydrogen (secondary N) is 1. The van der Waals surface area contributed by atoms with Gasteiger partial charge < -0.3 is 10.2 Å². The van der Waals surface area contributed by atoms with E-state index >= 15 is 0 Å². The molecule has 0 aliphatic carbocycles. The Hall–Kier alpha value is -2.12. The number of likely N-dealkylation sites (tertiary alicyclic amines) is 1. The first kappa shape index (κ1) is 21.6. The Morgan fingerprint density at radius 2 is 2.00 bits per heavy atom. The fourth-order valence-corrected chi connectivity index (χ4v) is 4.47. The van der Waals surface area contributed by atoms with Crippen LogP contribution in [0.5, 0.6) is 0 Å². The molecule has 0 atom stereocenters. The highest BCUT2D eigenvalue weighted by Crippen LogP contribution is 2.17. The second-order valence-corrected chi connectivity index (χ2v) is 8.62. The van der Waals surface area contributed by atoms with Crippen molar-refractivity contribution in [1.82, 2.24) is 19.8 Å². The lowest BCUT2D eigenvalue weighted by atomic mass is 10.0. The van der Waals surface area contributed by atoms with Crippen molar-refractivity contribution < 1.29 is 4.79 Å². The van der Waals surface area contributed by atoms with Crippen LogP contribution in [-0.4, -0.2) is 52.3 Å². The van der Waals surface area contributed by atoms with Gasteiger partial charge in [-0.1, -0.05) is 41.6 Å². The molecule has 0 unspecified atom stereocenters. The largest absolute Gasteiger partial charge is 0.354 e. The molecule has 1 aliphatic heterocycles. The maximum absolute atomic E-state index is 12.9. The first-order chi connectivity index (χ1) is 13.9. The van der Waals surface area contributed by atoms with Crippen molar-refractivity contribution in [3.8, 4) is 0 Å². The fourth-order valence-electron chi connectivity index (χ4n) is 3.63. The molecule has 2 heterocycles. The van der Waals surface area contributed by atoms with Gasteiger partial charge in [-0.3, -0.25) is 14.2 Å². The predicted octanol–water partition coefficient (Wildman–Crippen LogP) is 2.29. The first-order valence-corrected chi connectivity index (χ1v) is 11.2. The van der Waals surface area contributed by atoms with Crippen LogP contribution in [0.3, 0.4) is 0 Å². The van der Waals surface area contributed by atoms with Crippen molar-refractivity contribution in [2.45, 2.75) is 38.3 Å². The molecule has 0 saturated carbocycles. The summed E-state index contributed by atoms with van der Waals surface area (Å²) in [5.41, 5.74) is 3.66. The lowest BCUT2D eigenvalue weighted by Gasteiger charge is -2.15. The van der Waals surface area contributed by atoms with Gasteiger partial charge in [0.05, 0.1) is 5.75 Å². The molecule has 1 aromatic heterocycles.